The van der Waals surface area contributed by atoms with Crippen molar-refractivity contribution in [3.63, 3.8) is 0 Å². The van der Waals surface area contributed by atoms with Gasteiger partial charge < -0.3 is 15.7 Å². The highest BCUT2D eigenvalue weighted by Gasteiger charge is 2.21. The first-order chi connectivity index (χ1) is 8.81. The first kappa shape index (κ1) is 14.7. The monoisotopic (exact) mass is 264 g/mol. The maximum Gasteiger partial charge on any atom is 0.323 e. The van der Waals surface area contributed by atoms with Crippen molar-refractivity contribution in [3.8, 4) is 0 Å². The average Bonchev–Trinajstić information content (AvgIpc) is 2.26. The molecule has 0 aliphatic heterocycles. The van der Waals surface area contributed by atoms with Gasteiger partial charge in [-0.15, -0.1) is 0 Å². The van der Waals surface area contributed by atoms with Crippen molar-refractivity contribution in [1.29, 1.82) is 0 Å². The predicted octanol–water partition coefficient (Wildman–Crippen LogP) is 0.316. The van der Waals surface area contributed by atoms with E-state index in [1.54, 1.807) is 19.1 Å². The van der Waals surface area contributed by atoms with Crippen molar-refractivity contribution >= 4 is 17.8 Å². The molecule has 0 bridgehead atoms. The normalized spacial score (nSPS) is 10.0. The van der Waals surface area contributed by atoms with Crippen LogP contribution in [0, 0.1) is 13.8 Å². The van der Waals surface area contributed by atoms with Crippen LogP contribution >= 0.6 is 0 Å². The molecule has 0 fully saturated rings. The molecule has 19 heavy (non-hydrogen) atoms. The van der Waals surface area contributed by atoms with Crippen LogP contribution in [-0.2, 0) is 9.59 Å². The van der Waals surface area contributed by atoms with Crippen LogP contribution < -0.4 is 5.73 Å². The molecule has 0 atom stereocenters. The van der Waals surface area contributed by atoms with Gasteiger partial charge in [0, 0.05) is 5.56 Å². The van der Waals surface area contributed by atoms with Gasteiger partial charge in [0.2, 0.25) is 5.91 Å². The number of rotatable bonds is 5. The van der Waals surface area contributed by atoms with E-state index in [4.69, 9.17) is 10.8 Å². The zero-order valence-electron chi connectivity index (χ0n) is 10.8. The minimum atomic E-state index is -1.20. The van der Waals surface area contributed by atoms with E-state index >= 15 is 0 Å². The van der Waals surface area contributed by atoms with Gasteiger partial charge in [-0.2, -0.15) is 0 Å². The van der Waals surface area contributed by atoms with Crippen molar-refractivity contribution < 1.29 is 19.5 Å². The Morgan fingerprint density at radius 1 is 1.21 bits per heavy atom. The van der Waals surface area contributed by atoms with Crippen molar-refractivity contribution in [2.75, 3.05) is 13.1 Å². The number of carbonyl (C=O) groups is 3. The second kappa shape index (κ2) is 5.99. The Balaban J connectivity index is 3.04. The van der Waals surface area contributed by atoms with Crippen LogP contribution in [0.1, 0.15) is 21.5 Å². The number of carbonyl (C=O) groups excluding carboxylic acids is 2. The number of nitrogens with two attached hydrogens (primary N) is 1. The van der Waals surface area contributed by atoms with E-state index in [2.05, 4.69) is 0 Å². The van der Waals surface area contributed by atoms with E-state index in [-0.39, 0.29) is 0 Å². The molecule has 0 aliphatic carbocycles. The van der Waals surface area contributed by atoms with Crippen LogP contribution in [0.25, 0.3) is 0 Å². The van der Waals surface area contributed by atoms with E-state index in [0.29, 0.717) is 5.56 Å². The number of carboxylic acids is 1. The molecule has 102 valence electrons. The van der Waals surface area contributed by atoms with Crippen LogP contribution in [0.15, 0.2) is 18.2 Å². The summed E-state index contributed by atoms with van der Waals surface area (Å²) in [4.78, 5) is 34.7. The molecule has 1 aromatic rings. The van der Waals surface area contributed by atoms with Gasteiger partial charge in [0.1, 0.15) is 13.1 Å². The second-order valence-corrected chi connectivity index (χ2v) is 4.34. The maximum atomic E-state index is 12.2. The smallest absolute Gasteiger partial charge is 0.323 e. The number of benzene rings is 1. The highest BCUT2D eigenvalue weighted by molar-refractivity contribution is 5.99. The third-order valence-electron chi connectivity index (χ3n) is 2.57. The molecule has 0 unspecified atom stereocenters. The number of aryl methyl sites for hydroxylation is 2. The van der Waals surface area contributed by atoms with E-state index < -0.39 is 30.9 Å². The fourth-order valence-electron chi connectivity index (χ4n) is 1.77. The quantitative estimate of drug-likeness (QED) is 0.799. The van der Waals surface area contributed by atoms with Crippen LogP contribution in [-0.4, -0.2) is 40.9 Å². The zero-order valence-corrected chi connectivity index (χ0v) is 10.8. The fraction of sp³-hybridized carbons (Fsp3) is 0.308. The molecule has 6 nitrogen and oxygen atoms in total. The van der Waals surface area contributed by atoms with Crippen molar-refractivity contribution in [2.45, 2.75) is 13.8 Å². The summed E-state index contributed by atoms with van der Waals surface area (Å²) in [6.07, 6.45) is 0. The van der Waals surface area contributed by atoms with Crippen molar-refractivity contribution in [2.24, 2.45) is 5.73 Å². The number of carboxylic acid groups (broad SMARTS) is 1. The third-order valence-corrected chi connectivity index (χ3v) is 2.57. The summed E-state index contributed by atoms with van der Waals surface area (Å²) in [5.41, 5.74) is 7.11. The lowest BCUT2D eigenvalue weighted by Crippen LogP contribution is -2.41. The molecule has 6 heteroatoms. The van der Waals surface area contributed by atoms with Gasteiger partial charge >= 0.3 is 5.97 Å². The number of hydrogen-bond acceptors (Lipinski definition) is 3. The summed E-state index contributed by atoms with van der Waals surface area (Å²) in [5, 5.41) is 8.76. The molecule has 0 aliphatic rings. The van der Waals surface area contributed by atoms with Gasteiger partial charge in [-0.25, -0.2) is 0 Å². The zero-order chi connectivity index (χ0) is 14.6. The Morgan fingerprint density at radius 3 is 2.32 bits per heavy atom. The summed E-state index contributed by atoms with van der Waals surface area (Å²) in [5.74, 6) is -2.46. The van der Waals surface area contributed by atoms with Crippen LogP contribution in [0.3, 0.4) is 0 Å². The van der Waals surface area contributed by atoms with Gasteiger partial charge in [0.05, 0.1) is 0 Å². The first-order valence-corrected chi connectivity index (χ1v) is 5.68. The van der Waals surface area contributed by atoms with E-state index in [9.17, 15) is 14.4 Å². The van der Waals surface area contributed by atoms with E-state index in [1.807, 2.05) is 13.0 Å². The molecule has 0 spiro atoms. The lowest BCUT2D eigenvalue weighted by Gasteiger charge is -2.20. The van der Waals surface area contributed by atoms with Crippen LogP contribution in [0.4, 0.5) is 0 Å². The third kappa shape index (κ3) is 4.09. The summed E-state index contributed by atoms with van der Waals surface area (Å²) in [6, 6.07) is 5.18. The summed E-state index contributed by atoms with van der Waals surface area (Å²) < 4.78 is 0. The largest absolute Gasteiger partial charge is 0.480 e. The molecule has 1 rings (SSSR count). The summed E-state index contributed by atoms with van der Waals surface area (Å²) in [6.45, 7) is 2.66. The molecule has 1 aromatic carbocycles. The molecule has 0 saturated carbocycles. The molecule has 3 N–H and O–H groups in total. The highest BCUT2D eigenvalue weighted by atomic mass is 16.4. The molecule has 0 radical (unpaired) electrons. The van der Waals surface area contributed by atoms with Gasteiger partial charge in [-0.3, -0.25) is 14.4 Å². The van der Waals surface area contributed by atoms with E-state index in [1.165, 1.54) is 0 Å². The summed E-state index contributed by atoms with van der Waals surface area (Å²) in [7, 11) is 0. The fourth-order valence-corrected chi connectivity index (χ4v) is 1.77. The molecule has 0 saturated heterocycles. The second-order valence-electron chi connectivity index (χ2n) is 4.34. The lowest BCUT2D eigenvalue weighted by atomic mass is 10.0. The number of primary amides is 1. The molecule has 0 aromatic heterocycles. The molecular weight excluding hydrogens is 248 g/mol. The Hall–Kier alpha value is -2.37. The highest BCUT2D eigenvalue weighted by Crippen LogP contribution is 2.13. The predicted molar refractivity (Wildman–Crippen MR) is 68.6 cm³/mol. The van der Waals surface area contributed by atoms with Gasteiger partial charge in [-0.05, 0) is 25.5 Å². The molecule has 2 amide bonds. The lowest BCUT2D eigenvalue weighted by molar-refractivity contribution is -0.138. The summed E-state index contributed by atoms with van der Waals surface area (Å²) >= 11 is 0. The molecular formula is C13H16N2O4. The number of amides is 2. The minimum Gasteiger partial charge on any atom is -0.480 e. The Kier molecular flexibility index (Phi) is 4.63. The topological polar surface area (TPSA) is 101 Å². The standard InChI is InChI=1S/C13H16N2O4/c1-8-3-4-10(9(2)5-8)13(19)15(6-11(14)16)7-12(17)18/h3-5H,6-7H2,1-2H3,(H2,14,16)(H,17,18). The average molecular weight is 264 g/mol. The Labute approximate surface area is 110 Å². The van der Waals surface area contributed by atoms with Crippen LogP contribution in [0.5, 0.6) is 0 Å². The SMILES string of the molecule is Cc1ccc(C(=O)N(CC(N)=O)CC(=O)O)c(C)c1. The number of aliphatic carboxylic acids is 1. The van der Waals surface area contributed by atoms with Gasteiger partial charge in [0.15, 0.2) is 0 Å². The Morgan fingerprint density at radius 2 is 1.84 bits per heavy atom. The first-order valence-electron chi connectivity index (χ1n) is 5.68. The Bertz CT molecular complexity index is 509. The minimum absolute atomic E-state index is 0.369. The number of hydrogen-bond donors (Lipinski definition) is 2. The number of nitrogens with zero attached hydrogens (tertiary/aromatic N) is 1. The van der Waals surface area contributed by atoms with Crippen LogP contribution in [0.2, 0.25) is 0 Å². The van der Waals surface area contributed by atoms with Gasteiger partial charge in [0.25, 0.3) is 5.91 Å². The molecule has 0 heterocycles. The maximum absolute atomic E-state index is 12.2. The van der Waals surface area contributed by atoms with Crippen molar-refractivity contribution in [1.82, 2.24) is 4.90 Å². The van der Waals surface area contributed by atoms with E-state index in [0.717, 1.165) is 16.0 Å². The van der Waals surface area contributed by atoms with Crippen molar-refractivity contribution in [3.05, 3.63) is 34.9 Å². The van der Waals surface area contributed by atoms with Gasteiger partial charge in [-0.1, -0.05) is 17.7 Å².